The van der Waals surface area contributed by atoms with Gasteiger partial charge in [0.25, 0.3) is 5.88 Å². The second-order valence-electron chi connectivity index (χ2n) is 6.01. The van der Waals surface area contributed by atoms with Gasteiger partial charge < -0.3 is 9.64 Å². The molecule has 2 aromatic heterocycles. The Labute approximate surface area is 147 Å². The van der Waals surface area contributed by atoms with E-state index in [0.717, 1.165) is 12.8 Å². The molecule has 0 aromatic carbocycles. The zero-order valence-corrected chi connectivity index (χ0v) is 15.1. The third-order valence-corrected chi connectivity index (χ3v) is 5.81. The summed E-state index contributed by atoms with van der Waals surface area (Å²) in [4.78, 5) is 14.4. The van der Waals surface area contributed by atoms with E-state index in [4.69, 9.17) is 4.74 Å². The molecule has 1 aliphatic rings. The lowest BCUT2D eigenvalue weighted by molar-refractivity contribution is 0.125. The largest absolute Gasteiger partial charge is 0.470 e. The summed E-state index contributed by atoms with van der Waals surface area (Å²) >= 11 is 0. The maximum Gasteiger partial charge on any atom is 0.257 e. The summed E-state index contributed by atoms with van der Waals surface area (Å²) in [7, 11) is 0.147. The van der Waals surface area contributed by atoms with Crippen molar-refractivity contribution in [3.05, 3.63) is 36.9 Å². The van der Waals surface area contributed by atoms with Crippen LogP contribution in [-0.4, -0.2) is 61.0 Å². The normalized spacial score (nSPS) is 18.7. The standard InChI is InChI=1S/C16H21N5O3S/c1-20(2)15-16(19-9-8-18-15)24-13-5-4-10-21(12-13)25(22,23)14-6-3-7-17-11-14/h3,6-9,11,13H,4-5,10,12H2,1-2H3/t13-/m1/s1. The maximum absolute atomic E-state index is 12.8. The molecule has 1 aliphatic heterocycles. The molecule has 0 radical (unpaired) electrons. The van der Waals surface area contributed by atoms with E-state index >= 15 is 0 Å². The van der Waals surface area contributed by atoms with Crippen molar-refractivity contribution < 1.29 is 13.2 Å². The number of hydrogen-bond acceptors (Lipinski definition) is 7. The Morgan fingerprint density at radius 3 is 2.76 bits per heavy atom. The van der Waals surface area contributed by atoms with Gasteiger partial charge in [-0.2, -0.15) is 4.31 Å². The van der Waals surface area contributed by atoms with E-state index in [9.17, 15) is 8.42 Å². The first-order valence-electron chi connectivity index (χ1n) is 8.03. The molecule has 3 heterocycles. The van der Waals surface area contributed by atoms with Crippen molar-refractivity contribution in [1.29, 1.82) is 0 Å². The Hall–Kier alpha value is -2.26. The van der Waals surface area contributed by atoms with Crippen molar-refractivity contribution in [2.45, 2.75) is 23.8 Å². The number of anilines is 1. The average molecular weight is 363 g/mol. The van der Waals surface area contributed by atoms with Crippen molar-refractivity contribution in [3.8, 4) is 5.88 Å². The number of ether oxygens (including phenoxy) is 1. The number of rotatable bonds is 5. The lowest BCUT2D eigenvalue weighted by atomic mass is 10.1. The second kappa shape index (κ2) is 7.32. The fraction of sp³-hybridized carbons (Fsp3) is 0.438. The van der Waals surface area contributed by atoms with Gasteiger partial charge in [-0.3, -0.25) is 4.98 Å². The van der Waals surface area contributed by atoms with E-state index in [1.54, 1.807) is 30.7 Å². The SMILES string of the molecule is CN(C)c1nccnc1O[C@@H]1CCCN(S(=O)(=O)c2cccnc2)C1. The maximum atomic E-state index is 12.8. The molecular weight excluding hydrogens is 342 g/mol. The Kier molecular flexibility index (Phi) is 5.14. The molecule has 2 aromatic rings. The van der Waals surface area contributed by atoms with Crippen molar-refractivity contribution in [3.63, 3.8) is 0 Å². The van der Waals surface area contributed by atoms with E-state index in [-0.39, 0.29) is 17.5 Å². The average Bonchev–Trinajstić information content (AvgIpc) is 2.63. The van der Waals surface area contributed by atoms with Crippen LogP contribution < -0.4 is 9.64 Å². The van der Waals surface area contributed by atoms with Gasteiger partial charge in [-0.15, -0.1) is 0 Å². The molecule has 1 atom stereocenters. The van der Waals surface area contributed by atoms with Crippen LogP contribution >= 0.6 is 0 Å². The first-order valence-corrected chi connectivity index (χ1v) is 9.47. The van der Waals surface area contributed by atoms with Gasteiger partial charge in [0.1, 0.15) is 11.0 Å². The smallest absolute Gasteiger partial charge is 0.257 e. The molecule has 0 spiro atoms. The fourth-order valence-electron chi connectivity index (χ4n) is 2.73. The molecule has 0 aliphatic carbocycles. The topological polar surface area (TPSA) is 88.5 Å². The van der Waals surface area contributed by atoms with Crippen molar-refractivity contribution in [2.75, 3.05) is 32.1 Å². The Morgan fingerprint density at radius 1 is 1.24 bits per heavy atom. The first kappa shape index (κ1) is 17.6. The quantitative estimate of drug-likeness (QED) is 0.788. The highest BCUT2D eigenvalue weighted by atomic mass is 32.2. The summed E-state index contributed by atoms with van der Waals surface area (Å²) in [6.07, 6.45) is 7.31. The fourth-order valence-corrected chi connectivity index (χ4v) is 4.21. The first-order chi connectivity index (χ1) is 12.0. The van der Waals surface area contributed by atoms with Crippen LogP contribution in [0.2, 0.25) is 0 Å². The van der Waals surface area contributed by atoms with Crippen molar-refractivity contribution >= 4 is 15.8 Å². The van der Waals surface area contributed by atoms with Gasteiger partial charge in [0.05, 0.1) is 6.54 Å². The lowest BCUT2D eigenvalue weighted by Crippen LogP contribution is -2.44. The monoisotopic (exact) mass is 363 g/mol. The number of nitrogens with zero attached hydrogens (tertiary/aromatic N) is 5. The highest BCUT2D eigenvalue weighted by molar-refractivity contribution is 7.89. The third-order valence-electron chi connectivity index (χ3n) is 3.96. The van der Waals surface area contributed by atoms with Crippen LogP contribution in [0, 0.1) is 0 Å². The predicted molar refractivity (Wildman–Crippen MR) is 93.0 cm³/mol. The van der Waals surface area contributed by atoms with Gasteiger partial charge in [-0.25, -0.2) is 18.4 Å². The predicted octanol–water partition coefficient (Wildman–Crippen LogP) is 1.17. The van der Waals surface area contributed by atoms with Crippen LogP contribution in [0.15, 0.2) is 41.8 Å². The number of pyridine rings is 1. The number of aromatic nitrogens is 3. The van der Waals surface area contributed by atoms with Gasteiger partial charge in [0.2, 0.25) is 10.0 Å². The van der Waals surface area contributed by atoms with E-state index in [1.807, 2.05) is 19.0 Å². The Bertz CT molecular complexity index is 814. The van der Waals surface area contributed by atoms with E-state index in [0.29, 0.717) is 18.2 Å². The zero-order valence-electron chi connectivity index (χ0n) is 14.2. The Balaban J connectivity index is 1.76. The minimum Gasteiger partial charge on any atom is -0.470 e. The van der Waals surface area contributed by atoms with Crippen LogP contribution in [0.5, 0.6) is 5.88 Å². The molecule has 25 heavy (non-hydrogen) atoms. The third kappa shape index (κ3) is 3.88. The minimum absolute atomic E-state index is 0.198. The van der Waals surface area contributed by atoms with Gasteiger partial charge in [0, 0.05) is 45.4 Å². The van der Waals surface area contributed by atoms with Crippen LogP contribution in [0.1, 0.15) is 12.8 Å². The molecule has 0 saturated carbocycles. The Morgan fingerprint density at radius 2 is 2.04 bits per heavy atom. The molecular formula is C16H21N5O3S. The second-order valence-corrected chi connectivity index (χ2v) is 7.95. The van der Waals surface area contributed by atoms with Crippen molar-refractivity contribution in [1.82, 2.24) is 19.3 Å². The molecule has 9 heteroatoms. The molecule has 1 fully saturated rings. The van der Waals surface area contributed by atoms with E-state index in [2.05, 4.69) is 15.0 Å². The molecule has 3 rings (SSSR count). The molecule has 0 unspecified atom stereocenters. The van der Waals surface area contributed by atoms with Crippen LogP contribution in [0.4, 0.5) is 5.82 Å². The summed E-state index contributed by atoms with van der Waals surface area (Å²) < 4.78 is 32.9. The number of piperidine rings is 1. The van der Waals surface area contributed by atoms with E-state index < -0.39 is 10.0 Å². The lowest BCUT2D eigenvalue weighted by Gasteiger charge is -2.32. The van der Waals surface area contributed by atoms with Gasteiger partial charge in [-0.1, -0.05) is 0 Å². The van der Waals surface area contributed by atoms with Crippen LogP contribution in [-0.2, 0) is 10.0 Å². The van der Waals surface area contributed by atoms with Gasteiger partial charge in [-0.05, 0) is 25.0 Å². The van der Waals surface area contributed by atoms with Crippen molar-refractivity contribution in [2.24, 2.45) is 0 Å². The molecule has 0 N–H and O–H groups in total. The zero-order chi connectivity index (χ0) is 17.9. The molecule has 8 nitrogen and oxygen atoms in total. The summed E-state index contributed by atoms with van der Waals surface area (Å²) in [5.41, 5.74) is 0. The van der Waals surface area contributed by atoms with Crippen LogP contribution in [0.3, 0.4) is 0 Å². The summed E-state index contributed by atoms with van der Waals surface area (Å²) in [6.45, 7) is 0.749. The number of sulfonamides is 1. The molecule has 0 amide bonds. The molecule has 1 saturated heterocycles. The molecule has 134 valence electrons. The number of hydrogen-bond donors (Lipinski definition) is 0. The van der Waals surface area contributed by atoms with E-state index in [1.165, 1.54) is 10.5 Å². The summed E-state index contributed by atoms with van der Waals surface area (Å²) in [6, 6.07) is 3.17. The molecule has 0 bridgehead atoms. The summed E-state index contributed by atoms with van der Waals surface area (Å²) in [5, 5.41) is 0. The highest BCUT2D eigenvalue weighted by Crippen LogP contribution is 2.26. The highest BCUT2D eigenvalue weighted by Gasteiger charge is 2.32. The summed E-state index contributed by atoms with van der Waals surface area (Å²) in [5.74, 6) is 1.04. The van der Waals surface area contributed by atoms with Gasteiger partial charge >= 0.3 is 0 Å². The van der Waals surface area contributed by atoms with Crippen LogP contribution in [0.25, 0.3) is 0 Å². The minimum atomic E-state index is -3.57. The van der Waals surface area contributed by atoms with Gasteiger partial charge in [0.15, 0.2) is 5.82 Å².